The molecule has 1 amide bonds. The Hall–Kier alpha value is -2.34. The lowest BCUT2D eigenvalue weighted by Crippen LogP contribution is -2.40. The molecule has 0 saturated heterocycles. The van der Waals surface area contributed by atoms with E-state index in [2.05, 4.69) is 5.32 Å². The van der Waals surface area contributed by atoms with Crippen molar-refractivity contribution in [3.8, 4) is 0 Å². The van der Waals surface area contributed by atoms with E-state index in [4.69, 9.17) is 4.78 Å². The molecule has 0 saturated carbocycles. The van der Waals surface area contributed by atoms with Crippen LogP contribution in [0.4, 0.5) is 11.4 Å². The minimum absolute atomic E-state index is 0.114. The Kier molecular flexibility index (Phi) is 4.32. The Labute approximate surface area is 142 Å². The van der Waals surface area contributed by atoms with Gasteiger partial charge in [-0.05, 0) is 43.2 Å². The van der Waals surface area contributed by atoms with Gasteiger partial charge in [0.15, 0.2) is 0 Å². The van der Waals surface area contributed by atoms with Gasteiger partial charge in [-0.15, -0.1) is 0 Å². The summed E-state index contributed by atoms with van der Waals surface area (Å²) in [5, 5.41) is 2.95. The van der Waals surface area contributed by atoms with Gasteiger partial charge in [-0.3, -0.25) is 4.79 Å². The Morgan fingerprint density at radius 1 is 1.25 bits per heavy atom. The summed E-state index contributed by atoms with van der Waals surface area (Å²) in [6, 6.07) is 13.1. The molecule has 126 valence electrons. The fourth-order valence-electron chi connectivity index (χ4n) is 2.86. The molecule has 2 aromatic carbocycles. The smallest absolute Gasteiger partial charge is 0.243 e. The molecule has 0 aromatic heterocycles. The van der Waals surface area contributed by atoms with E-state index in [1.165, 1.54) is 0 Å². The van der Waals surface area contributed by atoms with Gasteiger partial charge >= 0.3 is 0 Å². The van der Waals surface area contributed by atoms with Gasteiger partial charge in [0.05, 0.1) is 32.6 Å². The van der Waals surface area contributed by atoms with Crippen molar-refractivity contribution in [1.82, 2.24) is 0 Å². The molecule has 0 aliphatic carbocycles. The molecule has 1 aliphatic heterocycles. The molecule has 24 heavy (non-hydrogen) atoms. The van der Waals surface area contributed by atoms with E-state index in [1.54, 1.807) is 12.1 Å². The molecular weight excluding hydrogens is 322 g/mol. The van der Waals surface area contributed by atoms with Crippen molar-refractivity contribution < 1.29 is 9.00 Å². The summed E-state index contributed by atoms with van der Waals surface area (Å²) in [6.45, 7) is 4.57. The number of nitrogens with one attached hydrogen (secondary N) is 2. The van der Waals surface area contributed by atoms with E-state index in [0.717, 1.165) is 22.5 Å². The summed E-state index contributed by atoms with van der Waals surface area (Å²) in [5.41, 5.74) is 3.64. The summed E-state index contributed by atoms with van der Waals surface area (Å²) in [7, 11) is -2.76. The molecule has 2 N–H and O–H groups in total. The normalized spacial score (nSPS) is 19.7. The van der Waals surface area contributed by atoms with E-state index in [0.29, 0.717) is 11.4 Å². The second-order valence-electron chi connectivity index (χ2n) is 6.14. The standard InChI is InChI=1S/C18H21N3O2S/c1-13-7-8-14(2)15(11-13)20-18(22)12-21-9-10-24(19,23)17-6-4-3-5-16(17)21/h3-8,11,19H,9-10,12H2,1-2H3,(H,20,22). The summed E-state index contributed by atoms with van der Waals surface area (Å²) >= 11 is 0. The van der Waals surface area contributed by atoms with Gasteiger partial charge < -0.3 is 10.2 Å². The summed E-state index contributed by atoms with van der Waals surface area (Å²) in [4.78, 5) is 14.9. The van der Waals surface area contributed by atoms with Gasteiger partial charge in [0.2, 0.25) is 5.91 Å². The highest BCUT2D eigenvalue weighted by molar-refractivity contribution is 7.92. The third-order valence-corrected chi connectivity index (χ3v) is 6.02. The first-order valence-corrected chi connectivity index (χ1v) is 9.57. The van der Waals surface area contributed by atoms with Crippen molar-refractivity contribution in [2.75, 3.05) is 29.1 Å². The van der Waals surface area contributed by atoms with Crippen LogP contribution in [0.2, 0.25) is 0 Å². The molecular formula is C18H21N3O2S. The number of fused-ring (bicyclic) bond motifs is 1. The van der Waals surface area contributed by atoms with Crippen molar-refractivity contribution in [3.05, 3.63) is 53.6 Å². The van der Waals surface area contributed by atoms with Crippen LogP contribution in [0.15, 0.2) is 47.4 Å². The van der Waals surface area contributed by atoms with E-state index in [1.807, 2.05) is 49.1 Å². The molecule has 2 aromatic rings. The van der Waals surface area contributed by atoms with Crippen LogP contribution >= 0.6 is 0 Å². The number of benzene rings is 2. The van der Waals surface area contributed by atoms with Crippen LogP contribution in [-0.4, -0.2) is 29.0 Å². The summed E-state index contributed by atoms with van der Waals surface area (Å²) in [5.74, 6) is 0.137. The first-order valence-electron chi connectivity index (χ1n) is 7.84. The molecule has 1 unspecified atom stereocenters. The van der Waals surface area contributed by atoms with E-state index in [9.17, 15) is 9.00 Å². The monoisotopic (exact) mass is 343 g/mol. The van der Waals surface area contributed by atoms with Gasteiger partial charge in [0, 0.05) is 12.2 Å². The lowest BCUT2D eigenvalue weighted by atomic mass is 10.1. The number of hydrogen-bond donors (Lipinski definition) is 2. The SMILES string of the molecule is Cc1ccc(C)c(NC(=O)CN2CCS(=N)(=O)c3ccccc32)c1. The third-order valence-electron chi connectivity index (χ3n) is 4.21. The average molecular weight is 343 g/mol. The van der Waals surface area contributed by atoms with Crippen molar-refractivity contribution >= 4 is 27.0 Å². The Balaban J connectivity index is 1.79. The van der Waals surface area contributed by atoms with Gasteiger partial charge in [-0.25, -0.2) is 8.99 Å². The van der Waals surface area contributed by atoms with Gasteiger partial charge in [-0.2, -0.15) is 0 Å². The van der Waals surface area contributed by atoms with E-state index in [-0.39, 0.29) is 18.2 Å². The van der Waals surface area contributed by atoms with Crippen molar-refractivity contribution in [1.29, 1.82) is 4.78 Å². The van der Waals surface area contributed by atoms with Crippen molar-refractivity contribution in [2.45, 2.75) is 18.7 Å². The first-order chi connectivity index (χ1) is 11.4. The average Bonchev–Trinajstić information content (AvgIpc) is 2.54. The molecule has 0 fully saturated rings. The van der Waals surface area contributed by atoms with Crippen LogP contribution in [0.25, 0.3) is 0 Å². The lowest BCUT2D eigenvalue weighted by molar-refractivity contribution is -0.115. The zero-order valence-corrected chi connectivity index (χ0v) is 14.7. The largest absolute Gasteiger partial charge is 0.360 e. The number of carbonyl (C=O) groups is 1. The molecule has 6 heteroatoms. The predicted octanol–water partition coefficient (Wildman–Crippen LogP) is 3.17. The quantitative estimate of drug-likeness (QED) is 0.899. The molecule has 0 bridgehead atoms. The van der Waals surface area contributed by atoms with Gasteiger partial charge in [0.25, 0.3) is 0 Å². The van der Waals surface area contributed by atoms with Crippen molar-refractivity contribution in [3.63, 3.8) is 0 Å². The van der Waals surface area contributed by atoms with Crippen LogP contribution in [0.5, 0.6) is 0 Å². The highest BCUT2D eigenvalue weighted by atomic mass is 32.2. The number of amides is 1. The number of anilines is 2. The Morgan fingerprint density at radius 2 is 2.00 bits per heavy atom. The van der Waals surface area contributed by atoms with Crippen LogP contribution in [0.3, 0.4) is 0 Å². The maximum absolute atomic E-state index is 12.4. The predicted molar refractivity (Wildman–Crippen MR) is 97.2 cm³/mol. The fourth-order valence-corrected chi connectivity index (χ4v) is 4.39. The third kappa shape index (κ3) is 3.28. The fraction of sp³-hybridized carbons (Fsp3) is 0.278. The topological polar surface area (TPSA) is 73.3 Å². The van der Waals surface area contributed by atoms with Crippen LogP contribution in [0, 0.1) is 18.6 Å². The van der Waals surface area contributed by atoms with Crippen LogP contribution in [0.1, 0.15) is 11.1 Å². The molecule has 0 spiro atoms. The number of para-hydroxylation sites is 1. The molecule has 3 rings (SSSR count). The van der Waals surface area contributed by atoms with Crippen LogP contribution < -0.4 is 10.2 Å². The van der Waals surface area contributed by atoms with Crippen LogP contribution in [-0.2, 0) is 14.5 Å². The zero-order chi connectivity index (χ0) is 17.3. The number of nitrogens with zero attached hydrogens (tertiary/aromatic N) is 1. The zero-order valence-electron chi connectivity index (χ0n) is 13.8. The Morgan fingerprint density at radius 3 is 2.79 bits per heavy atom. The maximum atomic E-state index is 12.4. The van der Waals surface area contributed by atoms with E-state index >= 15 is 0 Å². The molecule has 0 radical (unpaired) electrons. The molecule has 1 heterocycles. The second-order valence-corrected chi connectivity index (χ2v) is 8.33. The summed E-state index contributed by atoms with van der Waals surface area (Å²) in [6.07, 6.45) is 0. The highest BCUT2D eigenvalue weighted by Gasteiger charge is 2.26. The highest BCUT2D eigenvalue weighted by Crippen LogP contribution is 2.30. The Bertz CT molecular complexity index is 891. The first kappa shape index (κ1) is 16.5. The van der Waals surface area contributed by atoms with Crippen molar-refractivity contribution in [2.24, 2.45) is 0 Å². The number of rotatable bonds is 3. The summed E-state index contributed by atoms with van der Waals surface area (Å²) < 4.78 is 20.4. The van der Waals surface area contributed by atoms with Gasteiger partial charge in [-0.1, -0.05) is 24.3 Å². The second kappa shape index (κ2) is 6.28. The molecule has 1 atom stereocenters. The minimum atomic E-state index is -2.76. The molecule has 1 aliphatic rings. The number of hydrogen-bond acceptors (Lipinski definition) is 4. The molecule has 5 nitrogen and oxygen atoms in total. The number of aryl methyl sites for hydroxylation is 2. The van der Waals surface area contributed by atoms with E-state index < -0.39 is 9.73 Å². The maximum Gasteiger partial charge on any atom is 0.243 e. The lowest BCUT2D eigenvalue weighted by Gasteiger charge is -2.31. The minimum Gasteiger partial charge on any atom is -0.360 e. The van der Waals surface area contributed by atoms with Gasteiger partial charge in [0.1, 0.15) is 0 Å². The number of carbonyl (C=O) groups excluding carboxylic acids is 1.